The first-order chi connectivity index (χ1) is 15.4. The Hall–Kier alpha value is -3.94. The summed E-state index contributed by atoms with van der Waals surface area (Å²) in [5, 5.41) is 2.12. The number of pyridine rings is 1. The van der Waals surface area contributed by atoms with Crippen LogP contribution in [0.2, 0.25) is 0 Å². The lowest BCUT2D eigenvalue weighted by atomic mass is 9.85. The Morgan fingerprint density at radius 2 is 1.59 bits per heavy atom. The van der Waals surface area contributed by atoms with E-state index < -0.39 is 17.9 Å². The lowest BCUT2D eigenvalue weighted by Gasteiger charge is -2.28. The number of carbonyl (C=O) groups is 3. The number of rotatable bonds is 4. The summed E-state index contributed by atoms with van der Waals surface area (Å²) in [5.41, 5.74) is 3.05. The molecule has 0 unspecified atom stereocenters. The molecule has 164 valence electrons. The van der Waals surface area contributed by atoms with Gasteiger partial charge in [-0.1, -0.05) is 18.2 Å². The van der Waals surface area contributed by atoms with E-state index in [-0.39, 0.29) is 23.5 Å². The van der Waals surface area contributed by atoms with Crippen molar-refractivity contribution in [2.75, 3.05) is 14.2 Å². The summed E-state index contributed by atoms with van der Waals surface area (Å²) < 4.78 is 12.0. The summed E-state index contributed by atoms with van der Waals surface area (Å²) in [6.45, 7) is 1.34. The summed E-state index contributed by atoms with van der Waals surface area (Å²) in [5.74, 6) is -2.29. The van der Waals surface area contributed by atoms with E-state index in [9.17, 15) is 14.4 Å². The van der Waals surface area contributed by atoms with Gasteiger partial charge >= 0.3 is 11.9 Å². The molecule has 1 aliphatic heterocycles. The summed E-state index contributed by atoms with van der Waals surface area (Å²) in [4.78, 5) is 43.1. The molecule has 0 saturated heterocycles. The largest absolute Gasteiger partial charge is 0.466 e. The van der Waals surface area contributed by atoms with Crippen molar-refractivity contribution in [1.82, 2.24) is 14.5 Å². The van der Waals surface area contributed by atoms with E-state index in [1.165, 1.54) is 38.4 Å². The van der Waals surface area contributed by atoms with Crippen LogP contribution in [0.1, 0.15) is 12.6 Å². The average molecular weight is 433 g/mol. The Balaban J connectivity index is 1.89. The van der Waals surface area contributed by atoms with Crippen molar-refractivity contribution in [2.24, 2.45) is 13.0 Å². The molecule has 0 saturated carbocycles. The minimum Gasteiger partial charge on any atom is -0.466 e. The lowest BCUT2D eigenvalue weighted by molar-refractivity contribution is -0.137. The predicted molar refractivity (Wildman–Crippen MR) is 118 cm³/mol. The highest BCUT2D eigenvalue weighted by molar-refractivity contribution is 6.08. The van der Waals surface area contributed by atoms with Crippen LogP contribution in [0.5, 0.6) is 0 Å². The molecule has 32 heavy (non-hydrogen) atoms. The molecule has 3 aromatic rings. The highest BCUT2D eigenvalue weighted by Crippen LogP contribution is 2.35. The Bertz CT molecular complexity index is 1280. The number of carbonyl (C=O) groups excluding carboxylic acids is 3. The Morgan fingerprint density at radius 3 is 2.19 bits per heavy atom. The van der Waals surface area contributed by atoms with Gasteiger partial charge in [-0.05, 0) is 12.1 Å². The second-order valence-electron chi connectivity index (χ2n) is 7.57. The van der Waals surface area contributed by atoms with Crippen LogP contribution in [0.15, 0.2) is 60.1 Å². The number of methoxy groups -OCH3 is 2. The van der Waals surface area contributed by atoms with Crippen molar-refractivity contribution in [3.8, 4) is 0 Å². The first-order valence-corrected chi connectivity index (χ1v) is 10.1. The number of nitrogens with zero attached hydrogens (tertiary/aromatic N) is 3. The van der Waals surface area contributed by atoms with Gasteiger partial charge in [0.2, 0.25) is 5.91 Å². The molecular weight excluding hydrogens is 410 g/mol. The van der Waals surface area contributed by atoms with E-state index in [4.69, 9.17) is 9.47 Å². The van der Waals surface area contributed by atoms with Gasteiger partial charge in [0.05, 0.1) is 36.6 Å². The van der Waals surface area contributed by atoms with E-state index in [1.54, 1.807) is 6.20 Å². The zero-order valence-corrected chi connectivity index (χ0v) is 18.3. The standard InChI is InChI=1S/C24H23N3O5/c1-14(28)27-12-18(23(29)31-3)17(19(13-27)24(30)32-4)11-20-22-16(9-10-25-20)15-7-5-6-8-21(15)26(22)2/h5-10,12-13,17H,11H2,1-4H3. The Morgan fingerprint density at radius 1 is 0.969 bits per heavy atom. The number of amides is 1. The molecule has 1 amide bonds. The third kappa shape index (κ3) is 3.43. The van der Waals surface area contributed by atoms with Gasteiger partial charge in [0, 0.05) is 61.2 Å². The highest BCUT2D eigenvalue weighted by Gasteiger charge is 2.35. The molecule has 0 bridgehead atoms. The zero-order valence-electron chi connectivity index (χ0n) is 18.3. The molecule has 0 aliphatic carbocycles. The third-order valence-electron chi connectivity index (χ3n) is 5.80. The fourth-order valence-electron chi connectivity index (χ4n) is 4.26. The zero-order chi connectivity index (χ0) is 23.0. The van der Waals surface area contributed by atoms with Gasteiger partial charge in [-0.25, -0.2) is 9.59 Å². The number of aromatic nitrogens is 2. The molecule has 2 aromatic heterocycles. The average Bonchev–Trinajstić information content (AvgIpc) is 3.11. The minimum atomic E-state index is -0.693. The molecule has 1 aromatic carbocycles. The second kappa shape index (κ2) is 8.30. The van der Waals surface area contributed by atoms with Crippen LogP contribution in [0.3, 0.4) is 0 Å². The highest BCUT2D eigenvalue weighted by atomic mass is 16.5. The second-order valence-corrected chi connectivity index (χ2v) is 7.57. The van der Waals surface area contributed by atoms with Gasteiger partial charge in [0.1, 0.15) is 0 Å². The van der Waals surface area contributed by atoms with E-state index in [2.05, 4.69) is 9.55 Å². The molecule has 1 aliphatic rings. The van der Waals surface area contributed by atoms with Crippen LogP contribution in [0, 0.1) is 5.92 Å². The number of benzene rings is 1. The van der Waals surface area contributed by atoms with Crippen molar-refractivity contribution in [1.29, 1.82) is 0 Å². The van der Waals surface area contributed by atoms with Gasteiger partial charge in [0.15, 0.2) is 0 Å². The number of ether oxygens (including phenoxy) is 2. The maximum atomic E-state index is 12.6. The Kier molecular flexibility index (Phi) is 5.52. The third-order valence-corrected chi connectivity index (χ3v) is 5.80. The van der Waals surface area contributed by atoms with Gasteiger partial charge in [0.25, 0.3) is 0 Å². The SMILES string of the molecule is COC(=O)C1=CN(C(C)=O)C=C(C(=O)OC)C1Cc1nccc2c3ccccc3n(C)c12. The molecule has 0 fully saturated rings. The number of aryl methyl sites for hydroxylation is 1. The van der Waals surface area contributed by atoms with Crippen molar-refractivity contribution in [2.45, 2.75) is 13.3 Å². The van der Waals surface area contributed by atoms with E-state index >= 15 is 0 Å². The van der Waals surface area contributed by atoms with Gasteiger partial charge < -0.3 is 14.0 Å². The number of hydrogen-bond donors (Lipinski definition) is 0. The first-order valence-electron chi connectivity index (χ1n) is 10.1. The normalized spacial score (nSPS) is 14.3. The number of fused-ring (bicyclic) bond motifs is 3. The fourth-order valence-corrected chi connectivity index (χ4v) is 4.26. The maximum absolute atomic E-state index is 12.6. The van der Waals surface area contributed by atoms with E-state index in [0.717, 1.165) is 21.8 Å². The van der Waals surface area contributed by atoms with Gasteiger partial charge in [-0.3, -0.25) is 14.7 Å². The van der Waals surface area contributed by atoms with Crippen LogP contribution < -0.4 is 0 Å². The molecule has 0 spiro atoms. The summed E-state index contributed by atoms with van der Waals surface area (Å²) in [6.07, 6.45) is 4.78. The number of para-hydroxylation sites is 1. The van der Waals surface area contributed by atoms with Crippen LogP contribution >= 0.6 is 0 Å². The lowest BCUT2D eigenvalue weighted by Crippen LogP contribution is -2.32. The molecule has 3 heterocycles. The van der Waals surface area contributed by atoms with Gasteiger partial charge in [-0.2, -0.15) is 0 Å². The van der Waals surface area contributed by atoms with Crippen molar-refractivity contribution >= 4 is 39.7 Å². The molecule has 8 nitrogen and oxygen atoms in total. The molecule has 8 heteroatoms. The van der Waals surface area contributed by atoms with E-state index in [0.29, 0.717) is 5.69 Å². The van der Waals surface area contributed by atoms with Crippen molar-refractivity contribution < 1.29 is 23.9 Å². The van der Waals surface area contributed by atoms with Crippen LogP contribution in [-0.2, 0) is 37.3 Å². The monoisotopic (exact) mass is 433 g/mol. The van der Waals surface area contributed by atoms with Crippen LogP contribution in [0.25, 0.3) is 21.8 Å². The first kappa shape index (κ1) is 21.3. The van der Waals surface area contributed by atoms with Gasteiger partial charge in [-0.15, -0.1) is 0 Å². The molecule has 0 atom stereocenters. The minimum absolute atomic E-state index is 0.183. The predicted octanol–water partition coefficient (Wildman–Crippen LogP) is 2.86. The quantitative estimate of drug-likeness (QED) is 0.588. The van der Waals surface area contributed by atoms with Crippen molar-refractivity contribution in [3.63, 3.8) is 0 Å². The molecule has 0 N–H and O–H groups in total. The number of hydrogen-bond acceptors (Lipinski definition) is 6. The molecule has 0 radical (unpaired) electrons. The molecular formula is C24H23N3O5. The summed E-state index contributed by atoms with van der Waals surface area (Å²) in [7, 11) is 4.48. The Labute approximate surface area is 184 Å². The summed E-state index contributed by atoms with van der Waals surface area (Å²) in [6, 6.07) is 9.99. The van der Waals surface area contributed by atoms with Crippen LogP contribution in [0.4, 0.5) is 0 Å². The van der Waals surface area contributed by atoms with Crippen molar-refractivity contribution in [3.05, 3.63) is 65.8 Å². The van der Waals surface area contributed by atoms with E-state index in [1.807, 2.05) is 37.4 Å². The fraction of sp³-hybridized carbons (Fsp3) is 0.250. The maximum Gasteiger partial charge on any atom is 0.335 e. The summed E-state index contributed by atoms with van der Waals surface area (Å²) >= 11 is 0. The number of esters is 2. The van der Waals surface area contributed by atoms with Crippen LogP contribution in [-0.4, -0.2) is 46.5 Å². The molecule has 4 rings (SSSR count). The smallest absolute Gasteiger partial charge is 0.335 e. The topological polar surface area (TPSA) is 90.7 Å².